The first-order chi connectivity index (χ1) is 16.8. The third kappa shape index (κ3) is 6.65. The third-order valence-corrected chi connectivity index (χ3v) is 6.69. The van der Waals surface area contributed by atoms with Gasteiger partial charge in [-0.3, -0.25) is 9.59 Å². The van der Waals surface area contributed by atoms with Gasteiger partial charge in [0.2, 0.25) is 11.8 Å². The molecule has 1 aliphatic rings. The summed E-state index contributed by atoms with van der Waals surface area (Å²) in [5.41, 5.74) is 4.19. The lowest BCUT2D eigenvalue weighted by atomic mass is 9.96. The van der Waals surface area contributed by atoms with Gasteiger partial charge < -0.3 is 24.7 Å². The molecule has 1 atom stereocenters. The van der Waals surface area contributed by atoms with E-state index < -0.39 is 0 Å². The normalized spacial score (nSPS) is 15.5. The number of H-pyrrole nitrogens is 1. The number of ether oxygens (including phenoxy) is 2. The van der Waals surface area contributed by atoms with E-state index in [1.807, 2.05) is 38.1 Å². The second-order valence-electron chi connectivity index (χ2n) is 8.98. The second kappa shape index (κ2) is 12.4. The summed E-state index contributed by atoms with van der Waals surface area (Å²) in [7, 11) is 1.64. The predicted octanol–water partition coefficient (Wildman–Crippen LogP) is 3.35. The minimum absolute atomic E-state index is 0.00574. The van der Waals surface area contributed by atoms with Gasteiger partial charge in [0.05, 0.1) is 19.6 Å². The lowest BCUT2D eigenvalue weighted by molar-refractivity contribution is -0.135. The number of piperidine rings is 1. The number of likely N-dealkylation sites (tertiary alicyclic amines) is 1. The summed E-state index contributed by atoms with van der Waals surface area (Å²) >= 11 is 0. The van der Waals surface area contributed by atoms with Gasteiger partial charge in [0.25, 0.3) is 0 Å². The van der Waals surface area contributed by atoms with Crippen molar-refractivity contribution in [3.63, 3.8) is 0 Å². The van der Waals surface area contributed by atoms with Gasteiger partial charge in [-0.05, 0) is 69.2 Å². The molecule has 35 heavy (non-hydrogen) atoms. The Labute approximate surface area is 207 Å². The Bertz CT molecular complexity index is 1050. The van der Waals surface area contributed by atoms with E-state index in [2.05, 4.69) is 10.3 Å². The van der Waals surface area contributed by atoms with Crippen LogP contribution in [0.4, 0.5) is 0 Å². The SMILES string of the molecule is CCOC(=O)c1[nH]c(C)c(CCC(=O)N2CCC[C@H](C(=O)NCCc3ccccc3OC)C2)c1C. The molecule has 0 saturated carbocycles. The molecule has 1 saturated heterocycles. The molecule has 1 aromatic carbocycles. The van der Waals surface area contributed by atoms with Crippen molar-refractivity contribution < 1.29 is 23.9 Å². The minimum atomic E-state index is -0.374. The topological polar surface area (TPSA) is 101 Å². The quantitative estimate of drug-likeness (QED) is 0.505. The zero-order valence-electron chi connectivity index (χ0n) is 21.2. The molecule has 1 aliphatic heterocycles. The Morgan fingerprint density at radius 2 is 1.94 bits per heavy atom. The van der Waals surface area contributed by atoms with Crippen molar-refractivity contribution in [2.75, 3.05) is 33.4 Å². The predicted molar refractivity (Wildman–Crippen MR) is 134 cm³/mol. The van der Waals surface area contributed by atoms with Gasteiger partial charge in [-0.25, -0.2) is 4.79 Å². The van der Waals surface area contributed by atoms with Crippen LogP contribution in [0.5, 0.6) is 5.75 Å². The third-order valence-electron chi connectivity index (χ3n) is 6.69. The molecule has 2 aromatic rings. The Morgan fingerprint density at radius 1 is 1.17 bits per heavy atom. The van der Waals surface area contributed by atoms with E-state index in [1.165, 1.54) is 0 Å². The van der Waals surface area contributed by atoms with Crippen molar-refractivity contribution in [2.24, 2.45) is 5.92 Å². The van der Waals surface area contributed by atoms with E-state index in [0.29, 0.717) is 51.2 Å². The number of aromatic amines is 1. The Balaban J connectivity index is 1.50. The molecule has 3 rings (SSSR count). The van der Waals surface area contributed by atoms with Crippen LogP contribution < -0.4 is 10.1 Å². The molecule has 0 spiro atoms. The molecule has 2 N–H and O–H groups in total. The second-order valence-corrected chi connectivity index (χ2v) is 8.98. The van der Waals surface area contributed by atoms with Crippen molar-refractivity contribution >= 4 is 17.8 Å². The summed E-state index contributed by atoms with van der Waals surface area (Å²) in [5, 5.41) is 3.03. The van der Waals surface area contributed by atoms with Gasteiger partial charge in [-0.1, -0.05) is 18.2 Å². The van der Waals surface area contributed by atoms with Crippen LogP contribution in [0, 0.1) is 19.8 Å². The van der Waals surface area contributed by atoms with Gasteiger partial charge >= 0.3 is 5.97 Å². The molecule has 190 valence electrons. The van der Waals surface area contributed by atoms with E-state index >= 15 is 0 Å². The molecule has 8 heteroatoms. The Morgan fingerprint density at radius 3 is 2.69 bits per heavy atom. The largest absolute Gasteiger partial charge is 0.496 e. The van der Waals surface area contributed by atoms with E-state index in [9.17, 15) is 14.4 Å². The first-order valence-corrected chi connectivity index (χ1v) is 12.4. The number of amides is 2. The highest BCUT2D eigenvalue weighted by Gasteiger charge is 2.28. The van der Waals surface area contributed by atoms with E-state index in [4.69, 9.17) is 9.47 Å². The van der Waals surface area contributed by atoms with Gasteiger partial charge in [0.1, 0.15) is 11.4 Å². The number of methoxy groups -OCH3 is 1. The number of aromatic nitrogens is 1. The summed E-state index contributed by atoms with van der Waals surface area (Å²) < 4.78 is 10.5. The molecular formula is C27H37N3O5. The van der Waals surface area contributed by atoms with Crippen LogP contribution in [0.25, 0.3) is 0 Å². The molecule has 2 heterocycles. The molecule has 0 bridgehead atoms. The van der Waals surface area contributed by atoms with Gasteiger partial charge in [-0.15, -0.1) is 0 Å². The summed E-state index contributed by atoms with van der Waals surface area (Å²) in [5.74, 6) is 0.277. The van der Waals surface area contributed by atoms with Crippen molar-refractivity contribution in [1.29, 1.82) is 0 Å². The summed E-state index contributed by atoms with van der Waals surface area (Å²) in [6.45, 7) is 7.51. The van der Waals surface area contributed by atoms with E-state index in [0.717, 1.165) is 41.0 Å². The number of carbonyl (C=O) groups excluding carboxylic acids is 3. The van der Waals surface area contributed by atoms with Crippen LogP contribution in [0.2, 0.25) is 0 Å². The maximum atomic E-state index is 13.0. The van der Waals surface area contributed by atoms with Crippen LogP contribution in [0.1, 0.15) is 59.1 Å². The lowest BCUT2D eigenvalue weighted by Crippen LogP contribution is -2.45. The maximum absolute atomic E-state index is 13.0. The highest BCUT2D eigenvalue weighted by molar-refractivity contribution is 5.90. The highest BCUT2D eigenvalue weighted by Crippen LogP contribution is 2.23. The van der Waals surface area contributed by atoms with Crippen LogP contribution >= 0.6 is 0 Å². The monoisotopic (exact) mass is 483 g/mol. The van der Waals surface area contributed by atoms with E-state index in [1.54, 1.807) is 18.9 Å². The van der Waals surface area contributed by atoms with Crippen LogP contribution in [-0.2, 0) is 27.2 Å². The number of nitrogens with one attached hydrogen (secondary N) is 2. The average molecular weight is 484 g/mol. The number of carbonyl (C=O) groups is 3. The van der Waals surface area contributed by atoms with Crippen LogP contribution in [-0.4, -0.2) is 61.0 Å². The fraction of sp³-hybridized carbons (Fsp3) is 0.519. The molecule has 8 nitrogen and oxygen atoms in total. The van der Waals surface area contributed by atoms with Crippen molar-refractivity contribution in [2.45, 2.75) is 52.9 Å². The van der Waals surface area contributed by atoms with Crippen LogP contribution in [0.15, 0.2) is 24.3 Å². The number of hydrogen-bond acceptors (Lipinski definition) is 5. The minimum Gasteiger partial charge on any atom is -0.496 e. The first kappa shape index (κ1) is 26.3. The number of aryl methyl sites for hydroxylation is 1. The first-order valence-electron chi connectivity index (χ1n) is 12.4. The number of nitrogens with zero attached hydrogens (tertiary/aromatic N) is 1. The average Bonchev–Trinajstić information content (AvgIpc) is 3.16. The highest BCUT2D eigenvalue weighted by atomic mass is 16.5. The van der Waals surface area contributed by atoms with Crippen molar-refractivity contribution in [3.05, 3.63) is 52.3 Å². The number of para-hydroxylation sites is 1. The molecule has 0 aliphatic carbocycles. The van der Waals surface area contributed by atoms with Crippen molar-refractivity contribution in [3.8, 4) is 5.75 Å². The zero-order chi connectivity index (χ0) is 25.4. The fourth-order valence-electron chi connectivity index (χ4n) is 4.75. The lowest BCUT2D eigenvalue weighted by Gasteiger charge is -2.32. The Hall–Kier alpha value is -3.29. The zero-order valence-corrected chi connectivity index (χ0v) is 21.2. The van der Waals surface area contributed by atoms with Crippen molar-refractivity contribution in [1.82, 2.24) is 15.2 Å². The molecule has 0 unspecified atom stereocenters. The number of benzene rings is 1. The van der Waals surface area contributed by atoms with Gasteiger partial charge in [0, 0.05) is 31.7 Å². The number of rotatable bonds is 10. The summed E-state index contributed by atoms with van der Waals surface area (Å²) in [4.78, 5) is 42.8. The standard InChI is InChI=1S/C27H37N3O5/c1-5-35-27(33)25-18(2)22(19(3)29-25)12-13-24(31)30-16-8-10-21(17-30)26(32)28-15-14-20-9-6-7-11-23(20)34-4/h6-7,9,11,21,29H,5,8,10,12-17H2,1-4H3,(H,28,32)/t21-/m0/s1. The fourth-order valence-corrected chi connectivity index (χ4v) is 4.75. The molecule has 1 fully saturated rings. The molecule has 2 amide bonds. The maximum Gasteiger partial charge on any atom is 0.355 e. The van der Waals surface area contributed by atoms with Crippen LogP contribution in [0.3, 0.4) is 0 Å². The molecule has 1 aromatic heterocycles. The molecular weight excluding hydrogens is 446 g/mol. The van der Waals surface area contributed by atoms with Gasteiger partial charge in [-0.2, -0.15) is 0 Å². The Kier molecular flexibility index (Phi) is 9.34. The summed E-state index contributed by atoms with van der Waals surface area (Å²) in [6, 6.07) is 7.79. The summed E-state index contributed by atoms with van der Waals surface area (Å²) in [6.07, 6.45) is 3.16. The number of hydrogen-bond donors (Lipinski definition) is 2. The van der Waals surface area contributed by atoms with E-state index in [-0.39, 0.29) is 23.7 Å². The smallest absolute Gasteiger partial charge is 0.355 e. The van der Waals surface area contributed by atoms with Gasteiger partial charge in [0.15, 0.2) is 0 Å². The molecule has 0 radical (unpaired) electrons. The number of esters is 1.